The number of hydrogen-bond acceptors (Lipinski definition) is 3. The van der Waals surface area contributed by atoms with Gasteiger partial charge in [0.25, 0.3) is 0 Å². The number of nitrogens with zero attached hydrogens (tertiary/aromatic N) is 1. The van der Waals surface area contributed by atoms with Crippen molar-refractivity contribution in [1.82, 2.24) is 10.4 Å². The highest BCUT2D eigenvalue weighted by Crippen LogP contribution is 2.25. The second kappa shape index (κ2) is 1.94. The molecule has 9 heavy (non-hydrogen) atoms. The molecule has 1 N–H and O–H groups in total. The fourth-order valence-corrected chi connectivity index (χ4v) is 1.67. The minimum Gasteiger partial charge on any atom is -0.375 e. The molecule has 0 radical (unpaired) electrons. The molecule has 3 heteroatoms. The van der Waals surface area contributed by atoms with Gasteiger partial charge in [-0.3, -0.25) is 5.43 Å². The van der Waals surface area contributed by atoms with Crippen LogP contribution in [-0.2, 0) is 4.74 Å². The molecule has 2 rings (SSSR count). The third kappa shape index (κ3) is 0.764. The van der Waals surface area contributed by atoms with Crippen molar-refractivity contribution in [3.63, 3.8) is 0 Å². The van der Waals surface area contributed by atoms with Gasteiger partial charge in [-0.25, -0.2) is 5.01 Å². The summed E-state index contributed by atoms with van der Waals surface area (Å²) in [6.07, 6.45) is 1.74. The number of nitrogens with one attached hydrogen (secondary N) is 1. The molecule has 2 aliphatic rings. The molecule has 2 unspecified atom stereocenters. The average Bonchev–Trinajstić information content (AvgIpc) is 2.45. The minimum absolute atomic E-state index is 0.516. The highest BCUT2D eigenvalue weighted by molar-refractivity contribution is 4.88. The Kier molecular flexibility index (Phi) is 1.22. The van der Waals surface area contributed by atoms with Crippen molar-refractivity contribution >= 4 is 0 Å². The van der Waals surface area contributed by atoms with E-state index in [1.807, 2.05) is 7.05 Å². The van der Waals surface area contributed by atoms with Gasteiger partial charge in [-0.2, -0.15) is 0 Å². The lowest BCUT2D eigenvalue weighted by Gasteiger charge is -2.24. The van der Waals surface area contributed by atoms with Gasteiger partial charge in [-0.05, 0) is 13.5 Å². The first-order chi connectivity index (χ1) is 4.40. The fraction of sp³-hybridized carbons (Fsp3) is 1.00. The largest absolute Gasteiger partial charge is 0.375 e. The third-order valence-corrected chi connectivity index (χ3v) is 2.19. The zero-order valence-corrected chi connectivity index (χ0v) is 5.63. The summed E-state index contributed by atoms with van der Waals surface area (Å²) in [4.78, 5) is 0. The van der Waals surface area contributed by atoms with E-state index in [9.17, 15) is 0 Å². The molecule has 2 heterocycles. The van der Waals surface area contributed by atoms with Crippen molar-refractivity contribution in [2.45, 2.75) is 18.6 Å². The van der Waals surface area contributed by atoms with E-state index < -0.39 is 0 Å². The van der Waals surface area contributed by atoms with Crippen LogP contribution in [0.1, 0.15) is 6.42 Å². The number of hydrogen-bond donors (Lipinski definition) is 1. The minimum atomic E-state index is 0.516. The van der Waals surface area contributed by atoms with E-state index in [-0.39, 0.29) is 0 Å². The molecule has 2 atom stereocenters. The van der Waals surface area contributed by atoms with Gasteiger partial charge in [-0.15, -0.1) is 0 Å². The molecule has 0 aromatic carbocycles. The van der Waals surface area contributed by atoms with Crippen molar-refractivity contribution in [3.05, 3.63) is 0 Å². The van der Waals surface area contributed by atoms with E-state index in [2.05, 4.69) is 10.4 Å². The Morgan fingerprint density at radius 2 is 2.56 bits per heavy atom. The summed E-state index contributed by atoms with van der Waals surface area (Å²) >= 11 is 0. The van der Waals surface area contributed by atoms with Crippen LogP contribution in [0, 0.1) is 0 Å². The maximum Gasteiger partial charge on any atom is 0.0733 e. The predicted molar refractivity (Wildman–Crippen MR) is 33.9 cm³/mol. The standard InChI is InChI=1S/C6H12N2O/c1-7-8-3-6-2-5(8)4-9-6/h5-7H,2-4H2,1H3. The van der Waals surface area contributed by atoms with Gasteiger partial charge in [0.05, 0.1) is 18.8 Å². The molecule has 2 saturated heterocycles. The highest BCUT2D eigenvalue weighted by Gasteiger charge is 2.38. The van der Waals surface area contributed by atoms with Crippen LogP contribution in [0.15, 0.2) is 0 Å². The summed E-state index contributed by atoms with van der Waals surface area (Å²) < 4.78 is 5.40. The van der Waals surface area contributed by atoms with Gasteiger partial charge < -0.3 is 4.74 Å². The number of ether oxygens (including phenoxy) is 1. The second-order valence-corrected chi connectivity index (χ2v) is 2.72. The Labute approximate surface area is 54.9 Å². The van der Waals surface area contributed by atoms with Crippen LogP contribution < -0.4 is 5.43 Å². The number of morpholine rings is 1. The van der Waals surface area contributed by atoms with E-state index in [1.165, 1.54) is 6.42 Å². The Morgan fingerprint density at radius 1 is 1.67 bits per heavy atom. The van der Waals surface area contributed by atoms with Gasteiger partial charge in [0, 0.05) is 6.54 Å². The van der Waals surface area contributed by atoms with Gasteiger partial charge in [0.1, 0.15) is 0 Å². The lowest BCUT2D eigenvalue weighted by Crippen LogP contribution is -2.44. The van der Waals surface area contributed by atoms with Crippen molar-refractivity contribution in [2.24, 2.45) is 0 Å². The van der Waals surface area contributed by atoms with Crippen LogP contribution in [0.5, 0.6) is 0 Å². The van der Waals surface area contributed by atoms with E-state index >= 15 is 0 Å². The molecule has 0 aromatic heterocycles. The number of hydrazine groups is 1. The SMILES string of the molecule is CNN1CC2CC1CO2. The summed E-state index contributed by atoms with van der Waals surface area (Å²) in [5, 5.41) is 2.26. The summed E-state index contributed by atoms with van der Waals surface area (Å²) in [5.41, 5.74) is 3.15. The van der Waals surface area contributed by atoms with Gasteiger partial charge in [0.15, 0.2) is 0 Å². The Morgan fingerprint density at radius 3 is 2.89 bits per heavy atom. The Hall–Kier alpha value is -0.120. The van der Waals surface area contributed by atoms with Gasteiger partial charge in [-0.1, -0.05) is 0 Å². The quantitative estimate of drug-likeness (QED) is 0.519. The average molecular weight is 128 g/mol. The zero-order chi connectivity index (χ0) is 6.27. The van der Waals surface area contributed by atoms with Gasteiger partial charge in [0.2, 0.25) is 0 Å². The second-order valence-electron chi connectivity index (χ2n) is 2.72. The molecule has 0 aliphatic carbocycles. The summed E-state index contributed by atoms with van der Waals surface area (Å²) in [6.45, 7) is 1.99. The Bertz CT molecular complexity index is 118. The molecule has 0 spiro atoms. The van der Waals surface area contributed by atoms with Crippen LogP contribution in [0.3, 0.4) is 0 Å². The molecule has 2 aliphatic heterocycles. The maximum atomic E-state index is 5.40. The fourth-order valence-electron chi connectivity index (χ4n) is 1.67. The molecular weight excluding hydrogens is 116 g/mol. The Balaban J connectivity index is 2.01. The molecule has 2 fully saturated rings. The zero-order valence-electron chi connectivity index (χ0n) is 5.63. The molecule has 0 aromatic rings. The van der Waals surface area contributed by atoms with Crippen molar-refractivity contribution in [2.75, 3.05) is 20.2 Å². The third-order valence-electron chi connectivity index (χ3n) is 2.19. The first-order valence-corrected chi connectivity index (χ1v) is 3.46. The molecular formula is C6H12N2O. The highest BCUT2D eigenvalue weighted by atomic mass is 16.5. The molecule has 0 amide bonds. The molecule has 3 nitrogen and oxygen atoms in total. The maximum absolute atomic E-state index is 5.40. The predicted octanol–water partition coefficient (Wildman–Crippen LogP) is -0.406. The van der Waals surface area contributed by atoms with Crippen LogP contribution in [0.4, 0.5) is 0 Å². The van der Waals surface area contributed by atoms with Crippen LogP contribution >= 0.6 is 0 Å². The first kappa shape index (κ1) is 5.65. The van der Waals surface area contributed by atoms with Crippen LogP contribution in [0.25, 0.3) is 0 Å². The normalized spacial score (nSPS) is 42.3. The van der Waals surface area contributed by atoms with Crippen molar-refractivity contribution < 1.29 is 4.74 Å². The van der Waals surface area contributed by atoms with Crippen LogP contribution in [0.2, 0.25) is 0 Å². The molecule has 0 saturated carbocycles. The number of fused-ring (bicyclic) bond motifs is 2. The lowest BCUT2D eigenvalue weighted by molar-refractivity contribution is 0.0117. The monoisotopic (exact) mass is 128 g/mol. The molecule has 52 valence electrons. The van der Waals surface area contributed by atoms with Crippen LogP contribution in [-0.4, -0.2) is 37.4 Å². The van der Waals surface area contributed by atoms with Gasteiger partial charge >= 0.3 is 0 Å². The first-order valence-electron chi connectivity index (χ1n) is 3.46. The molecule has 2 bridgehead atoms. The summed E-state index contributed by atoms with van der Waals surface area (Å²) in [6, 6.07) is 0.653. The van der Waals surface area contributed by atoms with Crippen molar-refractivity contribution in [1.29, 1.82) is 0 Å². The van der Waals surface area contributed by atoms with E-state index in [4.69, 9.17) is 4.74 Å². The summed E-state index contributed by atoms with van der Waals surface area (Å²) in [5.74, 6) is 0. The van der Waals surface area contributed by atoms with E-state index in [0.717, 1.165) is 13.2 Å². The lowest BCUT2D eigenvalue weighted by atomic mass is 10.3. The van der Waals surface area contributed by atoms with E-state index in [1.54, 1.807) is 0 Å². The van der Waals surface area contributed by atoms with E-state index in [0.29, 0.717) is 12.1 Å². The number of rotatable bonds is 1. The van der Waals surface area contributed by atoms with Crippen molar-refractivity contribution in [3.8, 4) is 0 Å². The topological polar surface area (TPSA) is 24.5 Å². The smallest absolute Gasteiger partial charge is 0.0733 e. The summed E-state index contributed by atoms with van der Waals surface area (Å²) in [7, 11) is 1.97.